The molecule has 4 heteroatoms. The molecule has 20 heavy (non-hydrogen) atoms. The summed E-state index contributed by atoms with van der Waals surface area (Å²) < 4.78 is 0. The van der Waals surface area contributed by atoms with Gasteiger partial charge in [0.1, 0.15) is 5.54 Å². The topological polar surface area (TPSA) is 58.4 Å². The van der Waals surface area contributed by atoms with Crippen molar-refractivity contribution < 1.29 is 4.79 Å². The fourth-order valence-corrected chi connectivity index (χ4v) is 3.72. The van der Waals surface area contributed by atoms with E-state index >= 15 is 0 Å². The Morgan fingerprint density at radius 1 is 1.30 bits per heavy atom. The van der Waals surface area contributed by atoms with Gasteiger partial charge in [-0.1, -0.05) is 20.8 Å². The van der Waals surface area contributed by atoms with Gasteiger partial charge >= 0.3 is 0 Å². The standard InChI is InChI=1S/C16H31N3O/c1-4-18-16(15(17)20,14-5-6-14)11-19-9-7-13(8-10-19)12(2)3/h12-14,18H,4-11H2,1-3H3,(H2,17,20). The van der Waals surface area contributed by atoms with Gasteiger partial charge in [-0.05, 0) is 63.1 Å². The zero-order chi connectivity index (χ0) is 14.8. The fourth-order valence-electron chi connectivity index (χ4n) is 3.72. The second-order valence-electron chi connectivity index (χ2n) is 7.00. The van der Waals surface area contributed by atoms with Crippen LogP contribution in [-0.4, -0.2) is 42.5 Å². The number of likely N-dealkylation sites (N-methyl/N-ethyl adjacent to an activating group) is 1. The van der Waals surface area contributed by atoms with E-state index < -0.39 is 5.54 Å². The van der Waals surface area contributed by atoms with E-state index in [0.29, 0.717) is 5.92 Å². The first kappa shape index (κ1) is 15.8. The quantitative estimate of drug-likeness (QED) is 0.745. The fraction of sp³-hybridized carbons (Fsp3) is 0.938. The van der Waals surface area contributed by atoms with Crippen molar-refractivity contribution >= 4 is 5.91 Å². The van der Waals surface area contributed by atoms with Gasteiger partial charge in [0, 0.05) is 6.54 Å². The molecule has 0 bridgehead atoms. The first-order valence-electron chi connectivity index (χ1n) is 8.27. The van der Waals surface area contributed by atoms with Gasteiger partial charge in [0.25, 0.3) is 0 Å². The molecule has 3 N–H and O–H groups in total. The number of nitrogens with one attached hydrogen (secondary N) is 1. The lowest BCUT2D eigenvalue weighted by Gasteiger charge is -2.40. The summed E-state index contributed by atoms with van der Waals surface area (Å²) in [6.45, 7) is 10.5. The summed E-state index contributed by atoms with van der Waals surface area (Å²) in [6.07, 6.45) is 4.78. The summed E-state index contributed by atoms with van der Waals surface area (Å²) in [5.41, 5.74) is 5.28. The van der Waals surface area contributed by atoms with Crippen LogP contribution in [0.2, 0.25) is 0 Å². The highest BCUT2D eigenvalue weighted by Crippen LogP contribution is 2.40. The smallest absolute Gasteiger partial charge is 0.239 e. The number of amides is 1. The molecule has 0 aromatic heterocycles. The lowest BCUT2D eigenvalue weighted by atomic mass is 9.85. The Kier molecular flexibility index (Phi) is 5.08. The lowest BCUT2D eigenvalue weighted by molar-refractivity contribution is -0.126. The molecule has 2 rings (SSSR count). The van der Waals surface area contributed by atoms with Crippen molar-refractivity contribution in [3.63, 3.8) is 0 Å². The second kappa shape index (κ2) is 6.44. The zero-order valence-corrected chi connectivity index (χ0v) is 13.3. The number of likely N-dealkylation sites (tertiary alicyclic amines) is 1. The van der Waals surface area contributed by atoms with Crippen LogP contribution in [0.5, 0.6) is 0 Å². The van der Waals surface area contributed by atoms with Gasteiger partial charge in [-0.25, -0.2) is 0 Å². The number of hydrogen-bond donors (Lipinski definition) is 2. The van der Waals surface area contributed by atoms with Gasteiger partial charge in [0.05, 0.1) is 0 Å². The minimum atomic E-state index is -0.487. The highest BCUT2D eigenvalue weighted by atomic mass is 16.1. The van der Waals surface area contributed by atoms with Gasteiger partial charge < -0.3 is 16.0 Å². The maximum absolute atomic E-state index is 12.1. The second-order valence-corrected chi connectivity index (χ2v) is 7.00. The Hall–Kier alpha value is -0.610. The van der Waals surface area contributed by atoms with Crippen molar-refractivity contribution in [2.24, 2.45) is 23.5 Å². The van der Waals surface area contributed by atoms with Crippen molar-refractivity contribution in [3.05, 3.63) is 0 Å². The summed E-state index contributed by atoms with van der Waals surface area (Å²) >= 11 is 0. The lowest BCUT2D eigenvalue weighted by Crippen LogP contribution is -2.63. The van der Waals surface area contributed by atoms with E-state index in [0.717, 1.165) is 50.9 Å². The molecule has 1 aliphatic carbocycles. The molecule has 1 atom stereocenters. The Balaban J connectivity index is 1.97. The van der Waals surface area contributed by atoms with Crippen LogP contribution in [0.1, 0.15) is 46.5 Å². The first-order chi connectivity index (χ1) is 9.49. The van der Waals surface area contributed by atoms with Gasteiger partial charge in [-0.3, -0.25) is 4.79 Å². The molecular weight excluding hydrogens is 250 g/mol. The molecule has 0 spiro atoms. The molecule has 2 aliphatic rings. The van der Waals surface area contributed by atoms with Crippen LogP contribution >= 0.6 is 0 Å². The molecule has 1 unspecified atom stereocenters. The third-order valence-corrected chi connectivity index (χ3v) is 5.25. The van der Waals surface area contributed by atoms with E-state index in [-0.39, 0.29) is 5.91 Å². The van der Waals surface area contributed by atoms with E-state index in [1.54, 1.807) is 0 Å². The highest BCUT2D eigenvalue weighted by molar-refractivity contribution is 5.86. The molecule has 1 aliphatic heterocycles. The third-order valence-electron chi connectivity index (χ3n) is 5.25. The number of piperidine rings is 1. The molecule has 1 amide bonds. The summed E-state index contributed by atoms with van der Waals surface area (Å²) in [5, 5.41) is 3.42. The predicted molar refractivity (Wildman–Crippen MR) is 82.3 cm³/mol. The molecule has 0 radical (unpaired) electrons. The molecule has 1 saturated carbocycles. The van der Waals surface area contributed by atoms with Crippen molar-refractivity contribution in [3.8, 4) is 0 Å². The van der Waals surface area contributed by atoms with Crippen LogP contribution in [0, 0.1) is 17.8 Å². The summed E-state index contributed by atoms with van der Waals surface area (Å²) in [5.74, 6) is 1.90. The Bertz CT molecular complexity index is 333. The Morgan fingerprint density at radius 2 is 1.90 bits per heavy atom. The SMILES string of the molecule is CCNC(CN1CCC(C(C)C)CC1)(C(N)=O)C1CC1. The normalized spacial score (nSPS) is 24.8. The van der Waals surface area contributed by atoms with Crippen molar-refractivity contribution in [2.75, 3.05) is 26.2 Å². The predicted octanol–water partition coefficient (Wildman–Crippen LogP) is 1.60. The van der Waals surface area contributed by atoms with Gasteiger partial charge in [-0.2, -0.15) is 0 Å². The van der Waals surface area contributed by atoms with Crippen molar-refractivity contribution in [1.29, 1.82) is 0 Å². The molecule has 0 aromatic rings. The number of nitrogens with zero attached hydrogens (tertiary/aromatic N) is 1. The maximum atomic E-state index is 12.1. The number of primary amides is 1. The van der Waals surface area contributed by atoms with Gasteiger partial charge in [0.15, 0.2) is 0 Å². The summed E-state index contributed by atoms with van der Waals surface area (Å²) in [7, 11) is 0. The van der Waals surface area contributed by atoms with Gasteiger partial charge in [-0.15, -0.1) is 0 Å². The molecule has 116 valence electrons. The van der Waals surface area contributed by atoms with E-state index in [9.17, 15) is 4.79 Å². The molecule has 1 heterocycles. The van der Waals surface area contributed by atoms with E-state index in [4.69, 9.17) is 5.73 Å². The van der Waals surface area contributed by atoms with Crippen LogP contribution in [-0.2, 0) is 4.79 Å². The molecular formula is C16H31N3O. The van der Waals surface area contributed by atoms with Crippen LogP contribution in [0.15, 0.2) is 0 Å². The molecule has 2 fully saturated rings. The summed E-state index contributed by atoms with van der Waals surface area (Å²) in [6, 6.07) is 0. The molecule has 0 aromatic carbocycles. The highest BCUT2D eigenvalue weighted by Gasteiger charge is 2.50. The Labute approximate surface area is 123 Å². The monoisotopic (exact) mass is 281 g/mol. The minimum absolute atomic E-state index is 0.159. The minimum Gasteiger partial charge on any atom is -0.368 e. The average molecular weight is 281 g/mol. The Morgan fingerprint density at radius 3 is 2.30 bits per heavy atom. The van der Waals surface area contributed by atoms with Crippen LogP contribution in [0.4, 0.5) is 0 Å². The number of hydrogen-bond acceptors (Lipinski definition) is 3. The number of nitrogens with two attached hydrogens (primary N) is 1. The maximum Gasteiger partial charge on any atom is 0.239 e. The van der Waals surface area contributed by atoms with Crippen LogP contribution in [0.25, 0.3) is 0 Å². The van der Waals surface area contributed by atoms with Gasteiger partial charge in [0.2, 0.25) is 5.91 Å². The van der Waals surface area contributed by atoms with Crippen LogP contribution in [0.3, 0.4) is 0 Å². The number of carbonyl (C=O) groups excluding carboxylic acids is 1. The largest absolute Gasteiger partial charge is 0.368 e. The molecule has 4 nitrogen and oxygen atoms in total. The van der Waals surface area contributed by atoms with Crippen molar-refractivity contribution in [2.45, 2.75) is 52.0 Å². The van der Waals surface area contributed by atoms with Crippen LogP contribution < -0.4 is 11.1 Å². The summed E-state index contributed by atoms with van der Waals surface area (Å²) in [4.78, 5) is 14.5. The zero-order valence-electron chi connectivity index (χ0n) is 13.3. The number of carbonyl (C=O) groups is 1. The number of rotatable bonds is 7. The average Bonchev–Trinajstić information content (AvgIpc) is 3.23. The third kappa shape index (κ3) is 3.34. The molecule has 1 saturated heterocycles. The first-order valence-corrected chi connectivity index (χ1v) is 8.27. The van der Waals surface area contributed by atoms with E-state index in [1.807, 2.05) is 0 Å². The van der Waals surface area contributed by atoms with E-state index in [2.05, 4.69) is 31.0 Å². The van der Waals surface area contributed by atoms with Crippen molar-refractivity contribution in [1.82, 2.24) is 10.2 Å². The van der Waals surface area contributed by atoms with E-state index in [1.165, 1.54) is 12.8 Å².